The van der Waals surface area contributed by atoms with Gasteiger partial charge in [0.05, 0.1) is 18.7 Å². The van der Waals surface area contributed by atoms with Gasteiger partial charge in [-0.2, -0.15) is 0 Å². The van der Waals surface area contributed by atoms with Crippen LogP contribution in [0.1, 0.15) is 18.9 Å². The van der Waals surface area contributed by atoms with Crippen LogP contribution in [-0.4, -0.2) is 24.7 Å². The summed E-state index contributed by atoms with van der Waals surface area (Å²) >= 11 is 0. The Kier molecular flexibility index (Phi) is 3.15. The molecular weight excluding hydrogens is 240 g/mol. The first-order chi connectivity index (χ1) is 9.28. The van der Waals surface area contributed by atoms with Crippen molar-refractivity contribution in [1.82, 2.24) is 4.98 Å². The smallest absolute Gasteiger partial charge is 0.163 e. The molecule has 1 aliphatic rings. The molecule has 1 aliphatic heterocycles. The van der Waals surface area contributed by atoms with Gasteiger partial charge in [0.25, 0.3) is 0 Å². The van der Waals surface area contributed by atoms with Crippen molar-refractivity contribution in [3.05, 3.63) is 23.8 Å². The summed E-state index contributed by atoms with van der Waals surface area (Å²) in [6.45, 7) is 6.40. The van der Waals surface area contributed by atoms with Crippen molar-refractivity contribution in [2.24, 2.45) is 0 Å². The fraction of sp³-hybridized carbons (Fsp3) is 0.400. The summed E-state index contributed by atoms with van der Waals surface area (Å²) in [6.07, 6.45) is 0.917. The van der Waals surface area contributed by atoms with Crippen molar-refractivity contribution < 1.29 is 9.47 Å². The van der Waals surface area contributed by atoms with E-state index in [0.29, 0.717) is 13.2 Å². The predicted octanol–water partition coefficient (Wildman–Crippen LogP) is 3.14. The van der Waals surface area contributed by atoms with Gasteiger partial charge in [-0.3, -0.25) is 0 Å². The van der Waals surface area contributed by atoms with Gasteiger partial charge in [0.2, 0.25) is 0 Å². The Labute approximate surface area is 112 Å². The number of anilines is 1. The molecule has 0 aliphatic carbocycles. The van der Waals surface area contributed by atoms with E-state index in [9.17, 15) is 0 Å². The van der Waals surface area contributed by atoms with Crippen LogP contribution in [0.5, 0.6) is 11.5 Å². The minimum absolute atomic E-state index is 0.699. The van der Waals surface area contributed by atoms with Crippen LogP contribution in [0.15, 0.2) is 18.2 Å². The number of ether oxygens (including phenoxy) is 2. The van der Waals surface area contributed by atoms with Crippen molar-refractivity contribution in [3.63, 3.8) is 0 Å². The Bertz CT molecular complexity index is 611. The second-order valence-corrected chi connectivity index (χ2v) is 4.73. The number of aromatic nitrogens is 1. The molecule has 3 rings (SSSR count). The number of benzene rings is 1. The Morgan fingerprint density at radius 3 is 2.63 bits per heavy atom. The van der Waals surface area contributed by atoms with Crippen molar-refractivity contribution >= 4 is 16.7 Å². The second-order valence-electron chi connectivity index (χ2n) is 4.73. The van der Waals surface area contributed by atoms with Crippen LogP contribution < -0.4 is 14.8 Å². The third-order valence-electron chi connectivity index (χ3n) is 3.22. The Morgan fingerprint density at radius 1 is 1.16 bits per heavy atom. The highest BCUT2D eigenvalue weighted by atomic mass is 16.5. The first kappa shape index (κ1) is 12.1. The molecule has 0 atom stereocenters. The number of hydrogen-bond acceptors (Lipinski definition) is 4. The van der Waals surface area contributed by atoms with Gasteiger partial charge in [-0.25, -0.2) is 4.98 Å². The van der Waals surface area contributed by atoms with Crippen LogP contribution in [0.3, 0.4) is 0 Å². The zero-order chi connectivity index (χ0) is 13.2. The summed E-state index contributed by atoms with van der Waals surface area (Å²) in [7, 11) is 0. The molecule has 4 heteroatoms. The van der Waals surface area contributed by atoms with Gasteiger partial charge in [-0.05, 0) is 31.5 Å². The molecule has 0 spiro atoms. The van der Waals surface area contributed by atoms with Gasteiger partial charge in [-0.15, -0.1) is 0 Å². The van der Waals surface area contributed by atoms with E-state index < -0.39 is 0 Å². The summed E-state index contributed by atoms with van der Waals surface area (Å²) in [5.74, 6) is 2.55. The molecule has 0 unspecified atom stereocenters. The van der Waals surface area contributed by atoms with Gasteiger partial charge in [-0.1, -0.05) is 0 Å². The lowest BCUT2D eigenvalue weighted by molar-refractivity contribution is 0.297. The molecule has 100 valence electrons. The molecule has 0 amide bonds. The maximum absolute atomic E-state index is 5.71. The van der Waals surface area contributed by atoms with E-state index in [0.717, 1.165) is 46.7 Å². The van der Waals surface area contributed by atoms with Gasteiger partial charge in [0.1, 0.15) is 5.82 Å². The minimum Gasteiger partial charge on any atom is -0.490 e. The molecule has 0 saturated carbocycles. The van der Waals surface area contributed by atoms with Crippen LogP contribution in [0.2, 0.25) is 0 Å². The molecular formula is C15H18N2O2. The molecule has 1 aromatic heterocycles. The number of aryl methyl sites for hydroxylation is 1. The molecule has 0 fully saturated rings. The number of pyridine rings is 1. The molecule has 0 saturated heterocycles. The number of fused-ring (bicyclic) bond motifs is 2. The Hall–Kier alpha value is -1.97. The SMILES string of the molecule is CCNc1nc2cc3c(cc2cc1C)OCCCO3. The molecule has 19 heavy (non-hydrogen) atoms. The molecule has 1 N–H and O–H groups in total. The zero-order valence-corrected chi connectivity index (χ0v) is 11.3. The maximum Gasteiger partial charge on any atom is 0.163 e. The fourth-order valence-electron chi connectivity index (χ4n) is 2.28. The molecule has 0 radical (unpaired) electrons. The predicted molar refractivity (Wildman–Crippen MR) is 76.3 cm³/mol. The van der Waals surface area contributed by atoms with Crippen molar-refractivity contribution in [2.45, 2.75) is 20.3 Å². The highest BCUT2D eigenvalue weighted by Gasteiger charge is 2.13. The van der Waals surface area contributed by atoms with E-state index in [1.54, 1.807) is 0 Å². The van der Waals surface area contributed by atoms with E-state index >= 15 is 0 Å². The lowest BCUT2D eigenvalue weighted by atomic mass is 10.1. The Morgan fingerprint density at radius 2 is 1.89 bits per heavy atom. The molecule has 2 aromatic rings. The minimum atomic E-state index is 0.699. The van der Waals surface area contributed by atoms with Crippen LogP contribution in [0.25, 0.3) is 10.9 Å². The van der Waals surface area contributed by atoms with Gasteiger partial charge >= 0.3 is 0 Å². The Balaban J connectivity index is 2.12. The number of nitrogens with one attached hydrogen (secondary N) is 1. The van der Waals surface area contributed by atoms with E-state index in [1.165, 1.54) is 0 Å². The third-order valence-corrected chi connectivity index (χ3v) is 3.22. The van der Waals surface area contributed by atoms with Gasteiger partial charge in [0, 0.05) is 24.4 Å². The van der Waals surface area contributed by atoms with Gasteiger partial charge in [0.15, 0.2) is 11.5 Å². The molecule has 4 nitrogen and oxygen atoms in total. The van der Waals surface area contributed by atoms with Crippen molar-refractivity contribution in [2.75, 3.05) is 25.1 Å². The van der Waals surface area contributed by atoms with Crippen molar-refractivity contribution in [1.29, 1.82) is 0 Å². The average molecular weight is 258 g/mol. The van der Waals surface area contributed by atoms with Crippen molar-refractivity contribution in [3.8, 4) is 11.5 Å². The first-order valence-electron chi connectivity index (χ1n) is 6.73. The quantitative estimate of drug-likeness (QED) is 0.898. The number of nitrogens with zero attached hydrogens (tertiary/aromatic N) is 1. The van der Waals surface area contributed by atoms with E-state index in [2.05, 4.69) is 30.2 Å². The monoisotopic (exact) mass is 258 g/mol. The fourth-order valence-corrected chi connectivity index (χ4v) is 2.28. The zero-order valence-electron chi connectivity index (χ0n) is 11.3. The summed E-state index contributed by atoms with van der Waals surface area (Å²) in [4.78, 5) is 4.66. The van der Waals surface area contributed by atoms with Gasteiger partial charge < -0.3 is 14.8 Å². The lowest BCUT2D eigenvalue weighted by Crippen LogP contribution is -2.02. The normalized spacial score (nSPS) is 14.2. The average Bonchev–Trinajstić information content (AvgIpc) is 2.62. The van der Waals surface area contributed by atoms with E-state index in [1.807, 2.05) is 12.1 Å². The molecule has 1 aromatic carbocycles. The lowest BCUT2D eigenvalue weighted by Gasteiger charge is -2.11. The summed E-state index contributed by atoms with van der Waals surface area (Å²) < 4.78 is 11.4. The third kappa shape index (κ3) is 2.30. The van der Waals surface area contributed by atoms with E-state index in [4.69, 9.17) is 9.47 Å². The van der Waals surface area contributed by atoms with Crippen LogP contribution in [0.4, 0.5) is 5.82 Å². The highest BCUT2D eigenvalue weighted by Crippen LogP contribution is 2.34. The summed E-state index contributed by atoms with van der Waals surface area (Å²) in [6, 6.07) is 6.12. The van der Waals surface area contributed by atoms with Crippen LogP contribution >= 0.6 is 0 Å². The number of hydrogen-bond donors (Lipinski definition) is 1. The molecule has 2 heterocycles. The van der Waals surface area contributed by atoms with Crippen LogP contribution in [-0.2, 0) is 0 Å². The summed E-state index contributed by atoms with van der Waals surface area (Å²) in [5, 5.41) is 4.36. The molecule has 0 bridgehead atoms. The van der Waals surface area contributed by atoms with Crippen LogP contribution in [0, 0.1) is 6.92 Å². The topological polar surface area (TPSA) is 43.4 Å². The first-order valence-corrected chi connectivity index (χ1v) is 6.73. The summed E-state index contributed by atoms with van der Waals surface area (Å²) in [5.41, 5.74) is 2.08. The largest absolute Gasteiger partial charge is 0.490 e. The highest BCUT2D eigenvalue weighted by molar-refractivity contribution is 5.85. The second kappa shape index (κ2) is 4.96. The van der Waals surface area contributed by atoms with E-state index in [-0.39, 0.29) is 0 Å². The standard InChI is InChI=1S/C15H18N2O2/c1-3-16-15-10(2)7-11-8-13-14(9-12(11)17-15)19-6-4-5-18-13/h7-9H,3-6H2,1-2H3,(H,16,17). The maximum atomic E-state index is 5.71. The number of rotatable bonds is 2.